The SMILES string of the molecule is O=CN[C@@H]1CCCc2c1[nH]c1ccc(OCc3ccccc3)cc21. The van der Waals surface area contributed by atoms with Gasteiger partial charge in [0.25, 0.3) is 0 Å². The van der Waals surface area contributed by atoms with Gasteiger partial charge in [0.05, 0.1) is 6.04 Å². The Bertz CT molecular complexity index is 855. The van der Waals surface area contributed by atoms with Gasteiger partial charge in [-0.15, -0.1) is 0 Å². The Morgan fingerprint density at radius 2 is 2.08 bits per heavy atom. The van der Waals surface area contributed by atoms with Gasteiger partial charge in [-0.2, -0.15) is 0 Å². The number of H-pyrrole nitrogens is 1. The summed E-state index contributed by atoms with van der Waals surface area (Å²) in [6.45, 7) is 0.564. The van der Waals surface area contributed by atoms with Crippen LogP contribution < -0.4 is 10.1 Å². The highest BCUT2D eigenvalue weighted by molar-refractivity contribution is 5.86. The molecule has 4 rings (SSSR count). The highest BCUT2D eigenvalue weighted by Gasteiger charge is 2.23. The van der Waals surface area contributed by atoms with E-state index in [1.54, 1.807) is 0 Å². The fraction of sp³-hybridized carbons (Fsp3) is 0.250. The quantitative estimate of drug-likeness (QED) is 0.701. The first-order valence-corrected chi connectivity index (χ1v) is 8.36. The van der Waals surface area contributed by atoms with E-state index in [-0.39, 0.29) is 6.04 Å². The number of carbonyl (C=O) groups is 1. The van der Waals surface area contributed by atoms with Crippen molar-refractivity contribution in [2.75, 3.05) is 0 Å². The lowest BCUT2D eigenvalue weighted by Crippen LogP contribution is -2.23. The third-order valence-electron chi connectivity index (χ3n) is 4.70. The maximum Gasteiger partial charge on any atom is 0.207 e. The number of carbonyl (C=O) groups excluding carboxylic acids is 1. The average molecular weight is 320 g/mol. The van der Waals surface area contributed by atoms with Crippen molar-refractivity contribution in [2.45, 2.75) is 31.9 Å². The largest absolute Gasteiger partial charge is 0.489 e. The van der Waals surface area contributed by atoms with Gasteiger partial charge in [0.1, 0.15) is 12.4 Å². The molecule has 1 atom stereocenters. The second kappa shape index (κ2) is 6.40. The van der Waals surface area contributed by atoms with Crippen molar-refractivity contribution in [3.05, 3.63) is 65.4 Å². The molecule has 0 unspecified atom stereocenters. The molecule has 1 aliphatic rings. The van der Waals surface area contributed by atoms with Crippen LogP contribution in [0.25, 0.3) is 10.9 Å². The fourth-order valence-corrected chi connectivity index (χ4v) is 3.52. The van der Waals surface area contributed by atoms with Gasteiger partial charge in [-0.05, 0) is 48.6 Å². The fourth-order valence-electron chi connectivity index (χ4n) is 3.52. The average Bonchev–Trinajstić information content (AvgIpc) is 3.00. The molecule has 122 valence electrons. The number of aromatic nitrogens is 1. The van der Waals surface area contributed by atoms with E-state index in [0.29, 0.717) is 6.61 Å². The maximum atomic E-state index is 10.8. The van der Waals surface area contributed by atoms with Crippen LogP contribution >= 0.6 is 0 Å². The summed E-state index contributed by atoms with van der Waals surface area (Å²) in [6, 6.07) is 16.4. The van der Waals surface area contributed by atoms with Crippen molar-refractivity contribution >= 4 is 17.3 Å². The molecule has 4 heteroatoms. The third-order valence-corrected chi connectivity index (χ3v) is 4.70. The number of rotatable bonds is 5. The van der Waals surface area contributed by atoms with Gasteiger partial charge in [-0.25, -0.2) is 0 Å². The highest BCUT2D eigenvalue weighted by atomic mass is 16.5. The van der Waals surface area contributed by atoms with E-state index in [0.717, 1.165) is 48.2 Å². The summed E-state index contributed by atoms with van der Waals surface area (Å²) in [7, 11) is 0. The molecule has 2 N–H and O–H groups in total. The predicted molar refractivity (Wildman–Crippen MR) is 94.0 cm³/mol. The topological polar surface area (TPSA) is 54.1 Å². The Kier molecular flexibility index (Phi) is 3.95. The van der Waals surface area contributed by atoms with E-state index >= 15 is 0 Å². The molecule has 3 aromatic rings. The summed E-state index contributed by atoms with van der Waals surface area (Å²) >= 11 is 0. The number of fused-ring (bicyclic) bond motifs is 3. The van der Waals surface area contributed by atoms with Crippen molar-refractivity contribution in [2.24, 2.45) is 0 Å². The monoisotopic (exact) mass is 320 g/mol. The Balaban J connectivity index is 1.62. The van der Waals surface area contributed by atoms with Crippen LogP contribution in [0.15, 0.2) is 48.5 Å². The highest BCUT2D eigenvalue weighted by Crippen LogP contribution is 2.36. The molecule has 24 heavy (non-hydrogen) atoms. The molecule has 4 nitrogen and oxygen atoms in total. The number of aryl methyl sites for hydroxylation is 1. The lowest BCUT2D eigenvalue weighted by Gasteiger charge is -2.21. The first kappa shape index (κ1) is 14.8. The number of hydrogen-bond acceptors (Lipinski definition) is 2. The van der Waals surface area contributed by atoms with Crippen LogP contribution in [0.2, 0.25) is 0 Å². The van der Waals surface area contributed by atoms with E-state index in [2.05, 4.69) is 34.6 Å². The van der Waals surface area contributed by atoms with E-state index in [1.807, 2.05) is 24.3 Å². The van der Waals surface area contributed by atoms with Crippen LogP contribution in [0.4, 0.5) is 0 Å². The smallest absolute Gasteiger partial charge is 0.207 e. The number of nitrogens with one attached hydrogen (secondary N) is 2. The minimum Gasteiger partial charge on any atom is -0.489 e. The van der Waals surface area contributed by atoms with Crippen LogP contribution in [0, 0.1) is 0 Å². The molecular weight excluding hydrogens is 300 g/mol. The van der Waals surface area contributed by atoms with Gasteiger partial charge < -0.3 is 15.0 Å². The van der Waals surface area contributed by atoms with Crippen LogP contribution in [-0.4, -0.2) is 11.4 Å². The minimum absolute atomic E-state index is 0.0901. The first-order chi connectivity index (χ1) is 11.8. The van der Waals surface area contributed by atoms with E-state index < -0.39 is 0 Å². The molecule has 1 aliphatic carbocycles. The van der Waals surface area contributed by atoms with Gasteiger partial charge in [-0.1, -0.05) is 30.3 Å². The van der Waals surface area contributed by atoms with Gasteiger partial charge in [0.15, 0.2) is 0 Å². The number of benzene rings is 2. The van der Waals surface area contributed by atoms with Crippen LogP contribution in [0.5, 0.6) is 5.75 Å². The van der Waals surface area contributed by atoms with Crippen LogP contribution in [0.1, 0.15) is 35.7 Å². The van der Waals surface area contributed by atoms with Crippen molar-refractivity contribution < 1.29 is 9.53 Å². The molecule has 0 saturated heterocycles. The second-order valence-corrected chi connectivity index (χ2v) is 6.23. The number of hydrogen-bond donors (Lipinski definition) is 2. The first-order valence-electron chi connectivity index (χ1n) is 8.36. The van der Waals surface area contributed by atoms with E-state index in [1.165, 1.54) is 10.9 Å². The maximum absolute atomic E-state index is 10.8. The predicted octanol–water partition coefficient (Wildman–Crippen LogP) is 3.87. The molecule has 0 bridgehead atoms. The van der Waals surface area contributed by atoms with Crippen LogP contribution in [0.3, 0.4) is 0 Å². The number of aromatic amines is 1. The summed E-state index contributed by atoms with van der Waals surface area (Å²) in [6.07, 6.45) is 3.89. The van der Waals surface area contributed by atoms with Gasteiger partial charge in [-0.3, -0.25) is 4.79 Å². The molecule has 0 aliphatic heterocycles. The lowest BCUT2D eigenvalue weighted by atomic mass is 9.92. The molecule has 1 aromatic heterocycles. The van der Waals surface area contributed by atoms with Crippen molar-refractivity contribution in [1.82, 2.24) is 10.3 Å². The summed E-state index contributed by atoms with van der Waals surface area (Å²) in [5.74, 6) is 0.874. The Morgan fingerprint density at radius 3 is 2.92 bits per heavy atom. The Hall–Kier alpha value is -2.75. The van der Waals surface area contributed by atoms with Crippen molar-refractivity contribution in [3.63, 3.8) is 0 Å². The summed E-state index contributed by atoms with van der Waals surface area (Å²) in [4.78, 5) is 14.3. The molecule has 1 heterocycles. The number of ether oxygens (including phenoxy) is 1. The molecule has 2 aromatic carbocycles. The zero-order valence-electron chi connectivity index (χ0n) is 13.4. The van der Waals surface area contributed by atoms with Gasteiger partial charge in [0.2, 0.25) is 6.41 Å². The molecule has 0 spiro atoms. The van der Waals surface area contributed by atoms with Gasteiger partial charge in [0, 0.05) is 16.6 Å². The number of amides is 1. The van der Waals surface area contributed by atoms with Gasteiger partial charge >= 0.3 is 0 Å². The van der Waals surface area contributed by atoms with E-state index in [4.69, 9.17) is 4.74 Å². The molecule has 0 fully saturated rings. The van der Waals surface area contributed by atoms with Crippen molar-refractivity contribution in [3.8, 4) is 5.75 Å². The third kappa shape index (κ3) is 2.75. The summed E-state index contributed by atoms with van der Waals surface area (Å²) in [5, 5.41) is 4.12. The molecule has 0 radical (unpaired) electrons. The zero-order chi connectivity index (χ0) is 16.4. The zero-order valence-corrected chi connectivity index (χ0v) is 13.4. The second-order valence-electron chi connectivity index (χ2n) is 6.23. The Labute approximate surface area is 140 Å². The molecular formula is C20H20N2O2. The minimum atomic E-state index is 0.0901. The summed E-state index contributed by atoms with van der Waals surface area (Å²) < 4.78 is 5.95. The molecule has 1 amide bonds. The lowest BCUT2D eigenvalue weighted by molar-refractivity contribution is -0.110. The summed E-state index contributed by atoms with van der Waals surface area (Å²) in [5.41, 5.74) is 4.71. The Morgan fingerprint density at radius 1 is 1.21 bits per heavy atom. The molecule has 0 saturated carbocycles. The van der Waals surface area contributed by atoms with Crippen molar-refractivity contribution in [1.29, 1.82) is 0 Å². The van der Waals surface area contributed by atoms with Crippen LogP contribution in [-0.2, 0) is 17.8 Å². The standard InChI is InChI=1S/C20H20N2O2/c23-13-21-19-8-4-7-16-17-11-15(9-10-18(17)22-20(16)19)24-12-14-5-2-1-3-6-14/h1-3,5-6,9-11,13,19,22H,4,7-8,12H2,(H,21,23)/t19-/m1/s1. The normalized spacial score (nSPS) is 16.6. The van der Waals surface area contributed by atoms with E-state index in [9.17, 15) is 4.79 Å².